The van der Waals surface area contributed by atoms with Crippen molar-refractivity contribution in [3.63, 3.8) is 0 Å². The van der Waals surface area contributed by atoms with Gasteiger partial charge in [0.05, 0.1) is 12.8 Å². The quantitative estimate of drug-likeness (QED) is 0.656. The summed E-state index contributed by atoms with van der Waals surface area (Å²) in [6.45, 7) is 9.22. The molecular weight excluding hydrogens is 298 g/mol. The molecule has 0 aliphatic rings. The summed E-state index contributed by atoms with van der Waals surface area (Å²) in [6.07, 6.45) is 4.56. The zero-order valence-corrected chi connectivity index (χ0v) is 13.1. The van der Waals surface area contributed by atoms with Gasteiger partial charge in [-0.3, -0.25) is 14.4 Å². The van der Waals surface area contributed by atoms with E-state index in [4.69, 9.17) is 4.42 Å². The predicted octanol–water partition coefficient (Wildman–Crippen LogP) is 0.715. The lowest BCUT2D eigenvalue weighted by atomic mass is 10.2. The molecule has 0 aliphatic carbocycles. The smallest absolute Gasteiger partial charge is 0.287 e. The van der Waals surface area contributed by atoms with Gasteiger partial charge in [0.15, 0.2) is 5.76 Å². The Bertz CT molecular complexity index is 556. The molecular formula is C16H21N3O4. The first-order valence-electron chi connectivity index (χ1n) is 7.11. The lowest BCUT2D eigenvalue weighted by Gasteiger charge is -2.23. The minimum absolute atomic E-state index is 0.116. The van der Waals surface area contributed by atoms with Gasteiger partial charge in [-0.15, -0.1) is 13.2 Å². The standard InChI is InChI=1S/C16H21N3O4/c1-4-8-19(9-5-2)16(22)12(3)18-14(20)11-17-15(21)13-7-6-10-23-13/h4-7,10,12H,1-2,8-9,11H2,3H3,(H,17,21)(H,18,20). The van der Waals surface area contributed by atoms with E-state index in [1.165, 1.54) is 17.2 Å². The van der Waals surface area contributed by atoms with Gasteiger partial charge in [-0.1, -0.05) is 12.2 Å². The van der Waals surface area contributed by atoms with Crippen molar-refractivity contribution in [2.24, 2.45) is 0 Å². The van der Waals surface area contributed by atoms with Gasteiger partial charge in [-0.2, -0.15) is 0 Å². The average Bonchev–Trinajstić information content (AvgIpc) is 3.06. The first kappa shape index (κ1) is 18.2. The average molecular weight is 319 g/mol. The summed E-state index contributed by atoms with van der Waals surface area (Å²) in [5, 5.41) is 4.94. The molecule has 3 amide bonds. The van der Waals surface area contributed by atoms with E-state index in [1.807, 2.05) is 0 Å². The van der Waals surface area contributed by atoms with Gasteiger partial charge in [-0.05, 0) is 19.1 Å². The molecule has 0 radical (unpaired) electrons. The molecule has 23 heavy (non-hydrogen) atoms. The zero-order valence-electron chi connectivity index (χ0n) is 13.1. The molecule has 1 heterocycles. The molecule has 0 aromatic carbocycles. The van der Waals surface area contributed by atoms with E-state index in [2.05, 4.69) is 23.8 Å². The van der Waals surface area contributed by atoms with E-state index in [9.17, 15) is 14.4 Å². The van der Waals surface area contributed by atoms with Crippen molar-refractivity contribution in [1.29, 1.82) is 0 Å². The molecule has 1 rings (SSSR count). The van der Waals surface area contributed by atoms with Crippen molar-refractivity contribution in [3.05, 3.63) is 49.5 Å². The zero-order chi connectivity index (χ0) is 17.2. The van der Waals surface area contributed by atoms with Crippen LogP contribution in [0.15, 0.2) is 48.1 Å². The van der Waals surface area contributed by atoms with Crippen molar-refractivity contribution in [2.75, 3.05) is 19.6 Å². The molecule has 0 fully saturated rings. The highest BCUT2D eigenvalue weighted by Gasteiger charge is 2.20. The summed E-state index contributed by atoms with van der Waals surface area (Å²) in [5.41, 5.74) is 0. The van der Waals surface area contributed by atoms with Crippen LogP contribution in [-0.2, 0) is 9.59 Å². The second kappa shape index (κ2) is 9.24. The summed E-state index contributed by atoms with van der Waals surface area (Å²) in [4.78, 5) is 37.1. The van der Waals surface area contributed by atoms with E-state index in [-0.39, 0.29) is 18.2 Å². The number of amides is 3. The number of carbonyl (C=O) groups excluding carboxylic acids is 3. The molecule has 7 nitrogen and oxygen atoms in total. The van der Waals surface area contributed by atoms with Crippen molar-refractivity contribution in [2.45, 2.75) is 13.0 Å². The van der Waals surface area contributed by atoms with E-state index in [0.29, 0.717) is 13.1 Å². The molecule has 1 unspecified atom stereocenters. The Morgan fingerprint density at radius 2 is 1.96 bits per heavy atom. The molecule has 0 saturated carbocycles. The number of nitrogens with one attached hydrogen (secondary N) is 2. The minimum Gasteiger partial charge on any atom is -0.459 e. The van der Waals surface area contributed by atoms with Crippen LogP contribution < -0.4 is 10.6 Å². The lowest BCUT2D eigenvalue weighted by Crippen LogP contribution is -2.49. The van der Waals surface area contributed by atoms with Gasteiger partial charge in [0.1, 0.15) is 6.04 Å². The van der Waals surface area contributed by atoms with Crippen LogP contribution in [0.3, 0.4) is 0 Å². The van der Waals surface area contributed by atoms with Gasteiger partial charge in [0, 0.05) is 13.1 Å². The van der Waals surface area contributed by atoms with Gasteiger partial charge in [0.25, 0.3) is 5.91 Å². The number of hydrogen-bond acceptors (Lipinski definition) is 4. The maximum absolute atomic E-state index is 12.2. The molecule has 2 N–H and O–H groups in total. The molecule has 0 spiro atoms. The maximum Gasteiger partial charge on any atom is 0.287 e. The lowest BCUT2D eigenvalue weighted by molar-refractivity contribution is -0.134. The molecule has 1 atom stereocenters. The Balaban J connectivity index is 2.45. The number of nitrogens with zero attached hydrogens (tertiary/aromatic N) is 1. The van der Waals surface area contributed by atoms with Crippen LogP contribution in [0.1, 0.15) is 17.5 Å². The SMILES string of the molecule is C=CCN(CC=C)C(=O)C(C)NC(=O)CNC(=O)c1ccco1. The highest BCUT2D eigenvalue weighted by molar-refractivity contribution is 5.95. The summed E-state index contributed by atoms with van der Waals surface area (Å²) < 4.78 is 4.91. The summed E-state index contributed by atoms with van der Waals surface area (Å²) >= 11 is 0. The third-order valence-electron chi connectivity index (χ3n) is 2.91. The van der Waals surface area contributed by atoms with Crippen LogP contribution in [0, 0.1) is 0 Å². The van der Waals surface area contributed by atoms with Crippen molar-refractivity contribution in [1.82, 2.24) is 15.5 Å². The third kappa shape index (κ3) is 5.82. The van der Waals surface area contributed by atoms with Crippen LogP contribution in [-0.4, -0.2) is 48.3 Å². The topological polar surface area (TPSA) is 91.7 Å². The second-order valence-corrected chi connectivity index (χ2v) is 4.77. The van der Waals surface area contributed by atoms with Crippen LogP contribution in [0.25, 0.3) is 0 Å². The number of furan rings is 1. The summed E-state index contributed by atoms with van der Waals surface area (Å²) in [5.74, 6) is -1.10. The minimum atomic E-state index is -0.720. The van der Waals surface area contributed by atoms with E-state index in [0.717, 1.165) is 0 Å². The maximum atomic E-state index is 12.2. The van der Waals surface area contributed by atoms with E-state index < -0.39 is 17.9 Å². The second-order valence-electron chi connectivity index (χ2n) is 4.77. The molecule has 0 bridgehead atoms. The van der Waals surface area contributed by atoms with Gasteiger partial charge >= 0.3 is 0 Å². The van der Waals surface area contributed by atoms with E-state index >= 15 is 0 Å². The van der Waals surface area contributed by atoms with Gasteiger partial charge in [0.2, 0.25) is 11.8 Å². The highest BCUT2D eigenvalue weighted by Crippen LogP contribution is 1.99. The van der Waals surface area contributed by atoms with Crippen molar-refractivity contribution >= 4 is 17.7 Å². The van der Waals surface area contributed by atoms with Crippen molar-refractivity contribution in [3.8, 4) is 0 Å². The fourth-order valence-electron chi connectivity index (χ4n) is 1.85. The Hall–Kier alpha value is -2.83. The molecule has 1 aromatic rings. The highest BCUT2D eigenvalue weighted by atomic mass is 16.3. The van der Waals surface area contributed by atoms with Crippen LogP contribution in [0.2, 0.25) is 0 Å². The first-order chi connectivity index (χ1) is 11.0. The predicted molar refractivity (Wildman–Crippen MR) is 85.6 cm³/mol. The van der Waals surface area contributed by atoms with Crippen LogP contribution in [0.4, 0.5) is 0 Å². The molecule has 7 heteroatoms. The molecule has 1 aromatic heterocycles. The Kier molecular flexibility index (Phi) is 7.32. The van der Waals surface area contributed by atoms with Gasteiger partial charge in [-0.25, -0.2) is 0 Å². The monoisotopic (exact) mass is 319 g/mol. The normalized spacial score (nSPS) is 11.2. The molecule has 124 valence electrons. The Morgan fingerprint density at radius 3 is 2.48 bits per heavy atom. The molecule has 0 aliphatic heterocycles. The van der Waals surface area contributed by atoms with Gasteiger partial charge < -0.3 is 20.0 Å². The largest absolute Gasteiger partial charge is 0.459 e. The number of hydrogen-bond donors (Lipinski definition) is 2. The molecule has 0 saturated heterocycles. The summed E-state index contributed by atoms with van der Waals surface area (Å²) in [6, 6.07) is 2.34. The Morgan fingerprint density at radius 1 is 1.30 bits per heavy atom. The van der Waals surface area contributed by atoms with Crippen LogP contribution in [0.5, 0.6) is 0 Å². The fourth-order valence-corrected chi connectivity index (χ4v) is 1.85. The van der Waals surface area contributed by atoms with E-state index in [1.54, 1.807) is 25.1 Å². The third-order valence-corrected chi connectivity index (χ3v) is 2.91. The summed E-state index contributed by atoms with van der Waals surface area (Å²) in [7, 11) is 0. The number of carbonyl (C=O) groups is 3. The first-order valence-corrected chi connectivity index (χ1v) is 7.11. The Labute approximate surface area is 135 Å². The van der Waals surface area contributed by atoms with Crippen LogP contribution >= 0.6 is 0 Å². The fraction of sp³-hybridized carbons (Fsp3) is 0.312. The number of rotatable bonds is 9. The van der Waals surface area contributed by atoms with Crippen molar-refractivity contribution < 1.29 is 18.8 Å².